The van der Waals surface area contributed by atoms with Crippen LogP contribution in [-0.4, -0.2) is 21.0 Å². The zero-order valence-corrected chi connectivity index (χ0v) is 20.9. The van der Waals surface area contributed by atoms with Gasteiger partial charge in [-0.3, -0.25) is 14.5 Å². The lowest BCUT2D eigenvalue weighted by Gasteiger charge is -2.23. The van der Waals surface area contributed by atoms with Crippen molar-refractivity contribution < 1.29 is 9.59 Å². The summed E-state index contributed by atoms with van der Waals surface area (Å²) in [5.74, 6) is -0.406. The van der Waals surface area contributed by atoms with Crippen LogP contribution in [0.2, 0.25) is 0 Å². The van der Waals surface area contributed by atoms with Gasteiger partial charge in [0.25, 0.3) is 11.8 Å². The summed E-state index contributed by atoms with van der Waals surface area (Å²) in [7, 11) is 0. The number of thiocarbonyl (C=S) groups is 1. The predicted octanol–water partition coefficient (Wildman–Crippen LogP) is 6.33. The number of carbonyl (C=O) groups is 2. The minimum atomic E-state index is -0.226. The van der Waals surface area contributed by atoms with Crippen molar-refractivity contribution in [2.24, 2.45) is 0 Å². The molecule has 0 spiro atoms. The molecule has 4 nitrogen and oxygen atoms in total. The molecule has 0 bridgehead atoms. The molecule has 0 saturated carbocycles. The van der Waals surface area contributed by atoms with Gasteiger partial charge in [0.1, 0.15) is 4.32 Å². The number of amides is 2. The molecule has 1 atom stereocenters. The molecule has 0 radical (unpaired) electrons. The van der Waals surface area contributed by atoms with E-state index in [0.29, 0.717) is 21.3 Å². The van der Waals surface area contributed by atoms with Gasteiger partial charge in [0, 0.05) is 10.0 Å². The van der Waals surface area contributed by atoms with Crippen LogP contribution in [0.5, 0.6) is 0 Å². The Morgan fingerprint density at radius 1 is 0.939 bits per heavy atom. The second-order valence-corrected chi connectivity index (χ2v) is 10.4. The molecule has 2 aliphatic heterocycles. The fraction of sp³-hybridized carbons (Fsp3) is 0.115. The first-order valence-corrected chi connectivity index (χ1v) is 12.5. The number of halogens is 1. The molecule has 1 saturated heterocycles. The smallest absolute Gasteiger partial charge is 0.267 e. The minimum Gasteiger partial charge on any atom is -0.303 e. The van der Waals surface area contributed by atoms with Crippen molar-refractivity contribution in [1.82, 2.24) is 4.90 Å². The van der Waals surface area contributed by atoms with Crippen molar-refractivity contribution in [2.75, 3.05) is 4.90 Å². The largest absolute Gasteiger partial charge is 0.303 e. The lowest BCUT2D eigenvalue weighted by Crippen LogP contribution is -2.31. The van der Waals surface area contributed by atoms with E-state index in [1.165, 1.54) is 11.8 Å². The van der Waals surface area contributed by atoms with Crippen molar-refractivity contribution in [3.05, 3.63) is 105 Å². The molecule has 0 N–H and O–H groups in total. The summed E-state index contributed by atoms with van der Waals surface area (Å²) in [6.45, 7) is 2.38. The van der Waals surface area contributed by atoms with Crippen LogP contribution in [0.1, 0.15) is 29.7 Å². The van der Waals surface area contributed by atoms with Gasteiger partial charge in [-0.25, -0.2) is 0 Å². The van der Waals surface area contributed by atoms with Crippen LogP contribution in [0.3, 0.4) is 0 Å². The Morgan fingerprint density at radius 2 is 1.61 bits per heavy atom. The summed E-state index contributed by atoms with van der Waals surface area (Å²) in [6.07, 6.45) is 0. The maximum absolute atomic E-state index is 13.7. The van der Waals surface area contributed by atoms with Gasteiger partial charge in [-0.2, -0.15) is 0 Å². The second-order valence-electron chi connectivity index (χ2n) is 7.87. The predicted molar refractivity (Wildman–Crippen MR) is 141 cm³/mol. The van der Waals surface area contributed by atoms with Crippen LogP contribution in [0.25, 0.3) is 5.57 Å². The molecule has 1 unspecified atom stereocenters. The lowest BCUT2D eigenvalue weighted by atomic mass is 10.1. The molecular weight excluding hydrogens is 516 g/mol. The molecule has 0 aliphatic carbocycles. The van der Waals surface area contributed by atoms with E-state index in [-0.39, 0.29) is 17.9 Å². The molecule has 0 aromatic heterocycles. The standard InChI is InChI=1S/C26H19BrN2O2S2/c1-16(18-10-6-3-7-11-18)29-25(31)23(33-26(29)32)22-20-14-19(27)12-13-21(20)28(24(22)30)15-17-8-4-2-5-9-17/h2-14,16H,15H2,1H3/b23-22-. The Morgan fingerprint density at radius 3 is 2.30 bits per heavy atom. The van der Waals surface area contributed by atoms with Crippen LogP contribution in [0, 0.1) is 0 Å². The molecule has 33 heavy (non-hydrogen) atoms. The zero-order valence-electron chi connectivity index (χ0n) is 17.7. The number of rotatable bonds is 4. The fourth-order valence-electron chi connectivity index (χ4n) is 4.19. The van der Waals surface area contributed by atoms with E-state index in [1.807, 2.05) is 85.8 Å². The number of anilines is 1. The third-order valence-electron chi connectivity index (χ3n) is 5.86. The van der Waals surface area contributed by atoms with E-state index in [4.69, 9.17) is 12.2 Å². The van der Waals surface area contributed by atoms with Gasteiger partial charge in [0.05, 0.1) is 28.8 Å². The first-order chi connectivity index (χ1) is 16.0. The molecule has 3 aromatic rings. The van der Waals surface area contributed by atoms with Crippen LogP contribution < -0.4 is 4.90 Å². The Labute approximate surface area is 210 Å². The highest BCUT2D eigenvalue weighted by molar-refractivity contribution is 9.10. The Hall–Kier alpha value is -2.74. The van der Waals surface area contributed by atoms with Crippen LogP contribution in [0.15, 0.2) is 88.2 Å². The SMILES string of the molecule is CC(c1ccccc1)N1C(=O)/C(=C2/C(=O)N(Cc3ccccc3)c3ccc(Br)cc32)SC1=S. The van der Waals surface area contributed by atoms with Crippen LogP contribution >= 0.6 is 39.9 Å². The third kappa shape index (κ3) is 3.94. The van der Waals surface area contributed by atoms with Gasteiger partial charge in [0.15, 0.2) is 0 Å². The first kappa shape index (κ1) is 22.1. The molecule has 2 aliphatic rings. The monoisotopic (exact) mass is 534 g/mol. The third-order valence-corrected chi connectivity index (χ3v) is 7.75. The summed E-state index contributed by atoms with van der Waals surface area (Å²) in [6, 6.07) is 25.1. The van der Waals surface area contributed by atoms with Crippen molar-refractivity contribution in [3.8, 4) is 0 Å². The molecule has 5 rings (SSSR count). The second kappa shape index (κ2) is 8.89. The Balaban J connectivity index is 1.57. The molecular formula is C26H19BrN2O2S2. The zero-order chi connectivity index (χ0) is 23.1. The number of hydrogen-bond donors (Lipinski definition) is 0. The van der Waals surface area contributed by atoms with E-state index < -0.39 is 0 Å². The molecule has 1 fully saturated rings. The number of hydrogen-bond acceptors (Lipinski definition) is 4. The molecule has 7 heteroatoms. The van der Waals surface area contributed by atoms with E-state index in [1.54, 1.807) is 9.80 Å². The number of thioether (sulfide) groups is 1. The van der Waals surface area contributed by atoms with Crippen LogP contribution in [-0.2, 0) is 16.1 Å². The van der Waals surface area contributed by atoms with Crippen molar-refractivity contribution in [3.63, 3.8) is 0 Å². The summed E-state index contributed by atoms with van der Waals surface area (Å²) >= 11 is 10.3. The maximum Gasteiger partial charge on any atom is 0.267 e. The van der Waals surface area contributed by atoms with Gasteiger partial charge in [-0.1, -0.05) is 101 Å². The van der Waals surface area contributed by atoms with Crippen LogP contribution in [0.4, 0.5) is 5.69 Å². The van der Waals surface area contributed by atoms with Crippen molar-refractivity contribution in [2.45, 2.75) is 19.5 Å². The van der Waals surface area contributed by atoms with Gasteiger partial charge in [-0.15, -0.1) is 0 Å². The molecule has 2 heterocycles. The quantitative estimate of drug-likeness (QED) is 0.289. The van der Waals surface area contributed by atoms with Crippen molar-refractivity contribution >= 4 is 67.3 Å². The summed E-state index contributed by atoms with van der Waals surface area (Å²) in [4.78, 5) is 31.0. The maximum atomic E-state index is 13.7. The van der Waals surface area contributed by atoms with Crippen molar-refractivity contribution in [1.29, 1.82) is 0 Å². The van der Waals surface area contributed by atoms with Gasteiger partial charge in [-0.05, 0) is 36.2 Å². The minimum absolute atomic E-state index is 0.181. The summed E-state index contributed by atoms with van der Waals surface area (Å²) < 4.78 is 1.31. The van der Waals surface area contributed by atoms with E-state index >= 15 is 0 Å². The highest BCUT2D eigenvalue weighted by Crippen LogP contribution is 2.47. The first-order valence-electron chi connectivity index (χ1n) is 10.5. The summed E-state index contributed by atoms with van der Waals surface area (Å²) in [5, 5.41) is 0. The van der Waals surface area contributed by atoms with E-state index in [0.717, 1.165) is 26.9 Å². The average Bonchev–Trinajstić information content (AvgIpc) is 3.26. The fourth-order valence-corrected chi connectivity index (χ4v) is 6.04. The Bertz CT molecular complexity index is 1310. The van der Waals surface area contributed by atoms with E-state index in [9.17, 15) is 9.59 Å². The van der Waals surface area contributed by atoms with Gasteiger partial charge < -0.3 is 4.90 Å². The average molecular weight is 535 g/mol. The van der Waals surface area contributed by atoms with Gasteiger partial charge >= 0.3 is 0 Å². The lowest BCUT2D eigenvalue weighted by molar-refractivity contribution is -0.123. The Kier molecular flexibility index (Phi) is 5.95. The van der Waals surface area contributed by atoms with Gasteiger partial charge in [0.2, 0.25) is 0 Å². The normalized spacial score (nSPS) is 18.8. The summed E-state index contributed by atoms with van der Waals surface area (Å²) in [5.41, 5.74) is 3.97. The topological polar surface area (TPSA) is 40.6 Å². The highest BCUT2D eigenvalue weighted by Gasteiger charge is 2.43. The number of fused-ring (bicyclic) bond motifs is 1. The molecule has 2 amide bonds. The number of nitrogens with zero attached hydrogens (tertiary/aromatic N) is 2. The molecule has 3 aromatic carbocycles. The number of carbonyl (C=O) groups excluding carboxylic acids is 2. The van der Waals surface area contributed by atoms with E-state index in [2.05, 4.69) is 15.9 Å². The number of benzene rings is 3. The molecule has 164 valence electrons. The highest BCUT2D eigenvalue weighted by atomic mass is 79.9.